The molecule has 2 amide bonds. The first-order valence-corrected chi connectivity index (χ1v) is 7.35. The van der Waals surface area contributed by atoms with Gasteiger partial charge >= 0.3 is 6.18 Å². The molecule has 1 rings (SSSR count). The topological polar surface area (TPSA) is 69.6 Å². The van der Waals surface area contributed by atoms with Gasteiger partial charge < -0.3 is 15.3 Å². The van der Waals surface area contributed by atoms with E-state index in [4.69, 9.17) is 0 Å². The fourth-order valence-electron chi connectivity index (χ4n) is 2.17. The molecule has 0 aromatic heterocycles. The number of halogens is 3. The van der Waals surface area contributed by atoms with Gasteiger partial charge in [-0.15, -0.1) is 0 Å². The van der Waals surface area contributed by atoms with E-state index in [-0.39, 0.29) is 24.3 Å². The van der Waals surface area contributed by atoms with Gasteiger partial charge in [-0.2, -0.15) is 13.2 Å². The van der Waals surface area contributed by atoms with E-state index in [9.17, 15) is 27.9 Å². The van der Waals surface area contributed by atoms with Crippen LogP contribution in [0.4, 0.5) is 18.9 Å². The molecule has 0 heterocycles. The van der Waals surface area contributed by atoms with Crippen LogP contribution in [0.15, 0.2) is 18.2 Å². The van der Waals surface area contributed by atoms with Crippen LogP contribution in [-0.4, -0.2) is 40.5 Å². The number of anilines is 1. The standard InChI is InChI=1S/C16H21F3N2O3/c1-5-21(9-15(3,4)24)14(23)11-6-12(16(17,18)19)8-13(7-11)20-10(2)22/h6-8,24H,5,9H2,1-4H3,(H,20,22). The van der Waals surface area contributed by atoms with E-state index < -0.39 is 29.2 Å². The molecule has 24 heavy (non-hydrogen) atoms. The van der Waals surface area contributed by atoms with Gasteiger partial charge in [0.05, 0.1) is 11.2 Å². The van der Waals surface area contributed by atoms with Crippen LogP contribution in [0, 0.1) is 0 Å². The number of carbonyl (C=O) groups is 2. The molecule has 0 saturated heterocycles. The van der Waals surface area contributed by atoms with Gasteiger partial charge in [0.2, 0.25) is 5.91 Å². The second-order valence-corrected chi connectivity index (χ2v) is 6.11. The van der Waals surface area contributed by atoms with Crippen molar-refractivity contribution in [2.45, 2.75) is 39.5 Å². The van der Waals surface area contributed by atoms with Crippen LogP contribution >= 0.6 is 0 Å². The summed E-state index contributed by atoms with van der Waals surface area (Å²) in [6.45, 7) is 6.00. The summed E-state index contributed by atoms with van der Waals surface area (Å²) in [5.74, 6) is -1.20. The van der Waals surface area contributed by atoms with E-state index in [0.29, 0.717) is 0 Å². The van der Waals surface area contributed by atoms with E-state index in [1.807, 2.05) is 0 Å². The average molecular weight is 346 g/mol. The van der Waals surface area contributed by atoms with E-state index in [2.05, 4.69) is 5.32 Å². The number of benzene rings is 1. The first-order valence-electron chi connectivity index (χ1n) is 7.35. The smallest absolute Gasteiger partial charge is 0.389 e. The Morgan fingerprint density at radius 1 is 1.21 bits per heavy atom. The number of amides is 2. The number of aliphatic hydroxyl groups is 1. The number of alkyl halides is 3. The Hall–Kier alpha value is -2.09. The Morgan fingerprint density at radius 3 is 2.21 bits per heavy atom. The Kier molecular flexibility index (Phi) is 5.99. The molecule has 0 bridgehead atoms. The number of rotatable bonds is 5. The third kappa shape index (κ3) is 5.84. The zero-order valence-corrected chi connectivity index (χ0v) is 14.0. The number of likely N-dealkylation sites (N-methyl/N-ethyl adjacent to an activating group) is 1. The molecule has 5 nitrogen and oxygen atoms in total. The fourth-order valence-corrected chi connectivity index (χ4v) is 2.17. The monoisotopic (exact) mass is 346 g/mol. The number of carbonyl (C=O) groups excluding carboxylic acids is 2. The molecular formula is C16H21F3N2O3. The molecule has 2 N–H and O–H groups in total. The molecule has 8 heteroatoms. The van der Waals surface area contributed by atoms with Crippen molar-refractivity contribution in [3.8, 4) is 0 Å². The van der Waals surface area contributed by atoms with Gasteiger partial charge in [0, 0.05) is 31.3 Å². The van der Waals surface area contributed by atoms with Crippen LogP contribution in [0.3, 0.4) is 0 Å². The van der Waals surface area contributed by atoms with Crippen molar-refractivity contribution in [2.75, 3.05) is 18.4 Å². The van der Waals surface area contributed by atoms with E-state index in [0.717, 1.165) is 19.1 Å². The van der Waals surface area contributed by atoms with Gasteiger partial charge in [0.1, 0.15) is 0 Å². The number of nitrogens with zero attached hydrogens (tertiary/aromatic N) is 1. The van der Waals surface area contributed by atoms with Crippen LogP contribution < -0.4 is 5.32 Å². The maximum absolute atomic E-state index is 13.0. The number of hydrogen-bond acceptors (Lipinski definition) is 3. The van der Waals surface area contributed by atoms with Crippen LogP contribution in [0.5, 0.6) is 0 Å². The van der Waals surface area contributed by atoms with Gasteiger partial charge in [-0.05, 0) is 39.0 Å². The summed E-state index contributed by atoms with van der Waals surface area (Å²) in [7, 11) is 0. The molecule has 0 aliphatic carbocycles. The Balaban J connectivity index is 3.29. The lowest BCUT2D eigenvalue weighted by molar-refractivity contribution is -0.137. The van der Waals surface area contributed by atoms with Crippen LogP contribution in [0.2, 0.25) is 0 Å². The third-order valence-corrected chi connectivity index (χ3v) is 3.07. The predicted octanol–water partition coefficient (Wildman–Crippen LogP) is 2.90. The SMILES string of the molecule is CCN(CC(C)(C)O)C(=O)c1cc(NC(C)=O)cc(C(F)(F)F)c1. The predicted molar refractivity (Wildman–Crippen MR) is 83.6 cm³/mol. The van der Waals surface area contributed by atoms with Gasteiger partial charge in [-0.25, -0.2) is 0 Å². The van der Waals surface area contributed by atoms with Gasteiger partial charge in [-0.1, -0.05) is 0 Å². The van der Waals surface area contributed by atoms with Crippen LogP contribution in [0.25, 0.3) is 0 Å². The largest absolute Gasteiger partial charge is 0.416 e. The summed E-state index contributed by atoms with van der Waals surface area (Å²) in [5.41, 5.74) is -2.54. The molecule has 0 fully saturated rings. The third-order valence-electron chi connectivity index (χ3n) is 3.07. The first kappa shape index (κ1) is 20.0. The molecular weight excluding hydrogens is 325 g/mol. The molecule has 0 unspecified atom stereocenters. The molecule has 0 radical (unpaired) electrons. The van der Waals surface area contributed by atoms with Gasteiger partial charge in [0.25, 0.3) is 5.91 Å². The van der Waals surface area contributed by atoms with Crippen molar-refractivity contribution in [3.05, 3.63) is 29.3 Å². The molecule has 0 aliphatic rings. The highest BCUT2D eigenvalue weighted by molar-refractivity contribution is 5.97. The number of hydrogen-bond donors (Lipinski definition) is 2. The summed E-state index contributed by atoms with van der Waals surface area (Å²) in [5, 5.41) is 12.1. The molecule has 0 spiro atoms. The van der Waals surface area contributed by atoms with Crippen LogP contribution in [0.1, 0.15) is 43.6 Å². The molecule has 0 aliphatic heterocycles. The van der Waals surface area contributed by atoms with E-state index in [1.165, 1.54) is 24.8 Å². The highest BCUT2D eigenvalue weighted by Crippen LogP contribution is 2.32. The van der Waals surface area contributed by atoms with Gasteiger partial charge in [-0.3, -0.25) is 9.59 Å². The summed E-state index contributed by atoms with van der Waals surface area (Å²) < 4.78 is 39.1. The second kappa shape index (κ2) is 7.21. The lowest BCUT2D eigenvalue weighted by Crippen LogP contribution is -2.42. The lowest BCUT2D eigenvalue weighted by atomic mass is 10.1. The minimum Gasteiger partial charge on any atom is -0.389 e. The average Bonchev–Trinajstić information content (AvgIpc) is 2.41. The van der Waals surface area contributed by atoms with Crippen molar-refractivity contribution in [3.63, 3.8) is 0 Å². The molecule has 1 aromatic carbocycles. The van der Waals surface area contributed by atoms with Crippen molar-refractivity contribution in [2.24, 2.45) is 0 Å². The highest BCUT2D eigenvalue weighted by atomic mass is 19.4. The van der Waals surface area contributed by atoms with Crippen molar-refractivity contribution < 1.29 is 27.9 Å². The van der Waals surface area contributed by atoms with E-state index >= 15 is 0 Å². The summed E-state index contributed by atoms with van der Waals surface area (Å²) in [4.78, 5) is 24.9. The maximum Gasteiger partial charge on any atom is 0.416 e. The van der Waals surface area contributed by atoms with Crippen molar-refractivity contribution in [1.82, 2.24) is 4.90 Å². The molecule has 0 saturated carbocycles. The molecule has 0 atom stereocenters. The summed E-state index contributed by atoms with van der Waals surface area (Å²) in [6.07, 6.45) is -4.66. The summed E-state index contributed by atoms with van der Waals surface area (Å²) in [6, 6.07) is 2.69. The van der Waals surface area contributed by atoms with E-state index in [1.54, 1.807) is 6.92 Å². The quantitative estimate of drug-likeness (QED) is 0.861. The lowest BCUT2D eigenvalue weighted by Gasteiger charge is -2.28. The summed E-state index contributed by atoms with van der Waals surface area (Å²) >= 11 is 0. The zero-order valence-electron chi connectivity index (χ0n) is 14.0. The van der Waals surface area contributed by atoms with Crippen molar-refractivity contribution >= 4 is 17.5 Å². The zero-order chi connectivity index (χ0) is 18.7. The van der Waals surface area contributed by atoms with Crippen molar-refractivity contribution in [1.29, 1.82) is 0 Å². The Morgan fingerprint density at radius 2 is 1.79 bits per heavy atom. The second-order valence-electron chi connectivity index (χ2n) is 6.11. The number of nitrogens with one attached hydrogen (secondary N) is 1. The molecule has 134 valence electrons. The first-order chi connectivity index (χ1) is 10.8. The van der Waals surface area contributed by atoms with Crippen LogP contribution in [-0.2, 0) is 11.0 Å². The molecule has 1 aromatic rings. The Labute approximate surface area is 138 Å². The van der Waals surface area contributed by atoms with Gasteiger partial charge in [0.15, 0.2) is 0 Å². The normalized spacial score (nSPS) is 12.0. The minimum absolute atomic E-state index is 0.0337. The minimum atomic E-state index is -4.66. The Bertz CT molecular complexity index is 622. The maximum atomic E-state index is 13.0. The fraction of sp³-hybridized carbons (Fsp3) is 0.500. The highest BCUT2D eigenvalue weighted by Gasteiger charge is 2.32.